The van der Waals surface area contributed by atoms with E-state index in [1.54, 1.807) is 7.05 Å². The second-order valence-corrected chi connectivity index (χ2v) is 9.72. The molecule has 1 heterocycles. The Morgan fingerprint density at radius 1 is 1.22 bits per heavy atom. The summed E-state index contributed by atoms with van der Waals surface area (Å²) in [7, 11) is 5.78. The number of hydrogen-bond donors (Lipinski definition) is 2. The summed E-state index contributed by atoms with van der Waals surface area (Å²) in [6.07, 6.45) is 14.1. The standard InChI is InChI=1S/C30H40N6/c1-7-23(20-36(5)6)24-9-8-10-25(16-24)29-33-19-28(26(18-32-4)15-21(2)3)30(35-29)34-27-13-11-22(17-31)12-14-27/h7-10,15-16,18-20,22,27H,1-2,11-14,17,31H2,3-6H3,(H,33,34,35)/b23-20+,26-15+,32-18?. The second-order valence-electron chi connectivity index (χ2n) is 9.72. The Labute approximate surface area is 216 Å². The fraction of sp³-hybridized carbons (Fsp3) is 0.367. The molecule has 1 aromatic carbocycles. The van der Waals surface area contributed by atoms with Gasteiger partial charge in [-0.1, -0.05) is 49.1 Å². The molecular weight excluding hydrogens is 444 g/mol. The predicted octanol–water partition coefficient (Wildman–Crippen LogP) is 5.82. The van der Waals surface area contributed by atoms with Crippen LogP contribution in [0.5, 0.6) is 0 Å². The van der Waals surface area contributed by atoms with Crippen molar-refractivity contribution in [2.24, 2.45) is 16.6 Å². The largest absolute Gasteiger partial charge is 0.383 e. The van der Waals surface area contributed by atoms with Gasteiger partial charge in [0.05, 0.1) is 0 Å². The lowest BCUT2D eigenvalue weighted by Crippen LogP contribution is -2.29. The lowest BCUT2D eigenvalue weighted by Gasteiger charge is -2.29. The molecule has 1 aliphatic carbocycles. The van der Waals surface area contributed by atoms with Crippen LogP contribution in [0.2, 0.25) is 0 Å². The molecule has 3 rings (SSSR count). The number of hydrogen-bond acceptors (Lipinski definition) is 6. The second kappa shape index (κ2) is 13.0. The first kappa shape index (κ1) is 27.1. The van der Waals surface area contributed by atoms with Crippen molar-refractivity contribution >= 4 is 23.2 Å². The summed E-state index contributed by atoms with van der Waals surface area (Å²) in [4.78, 5) is 16.1. The van der Waals surface area contributed by atoms with Gasteiger partial charge < -0.3 is 16.0 Å². The van der Waals surface area contributed by atoms with Gasteiger partial charge in [-0.3, -0.25) is 4.99 Å². The van der Waals surface area contributed by atoms with Crippen LogP contribution in [0, 0.1) is 5.92 Å². The van der Waals surface area contributed by atoms with Crippen LogP contribution in [-0.2, 0) is 0 Å². The molecular formula is C30H40N6. The summed E-state index contributed by atoms with van der Waals surface area (Å²) in [5.74, 6) is 2.11. The van der Waals surface area contributed by atoms with Gasteiger partial charge in [-0.15, -0.1) is 0 Å². The third-order valence-corrected chi connectivity index (χ3v) is 6.36. The highest BCUT2D eigenvalue weighted by molar-refractivity contribution is 6.12. The number of rotatable bonds is 10. The van der Waals surface area contributed by atoms with Crippen molar-refractivity contribution in [1.29, 1.82) is 0 Å². The molecule has 0 amide bonds. The highest BCUT2D eigenvalue weighted by atomic mass is 15.1. The summed E-state index contributed by atoms with van der Waals surface area (Å²) in [6.45, 7) is 10.8. The topological polar surface area (TPSA) is 79.4 Å². The third kappa shape index (κ3) is 7.25. The molecule has 1 fully saturated rings. The number of benzene rings is 1. The average Bonchev–Trinajstić information content (AvgIpc) is 2.87. The summed E-state index contributed by atoms with van der Waals surface area (Å²) in [5, 5.41) is 3.73. The summed E-state index contributed by atoms with van der Waals surface area (Å²) >= 11 is 0. The van der Waals surface area contributed by atoms with Crippen molar-refractivity contribution in [2.75, 3.05) is 33.0 Å². The fourth-order valence-corrected chi connectivity index (χ4v) is 4.53. The van der Waals surface area contributed by atoms with E-state index in [9.17, 15) is 0 Å². The van der Waals surface area contributed by atoms with Gasteiger partial charge >= 0.3 is 0 Å². The molecule has 0 bridgehead atoms. The highest BCUT2D eigenvalue weighted by Gasteiger charge is 2.22. The van der Waals surface area contributed by atoms with Crippen LogP contribution in [-0.4, -0.2) is 54.8 Å². The van der Waals surface area contributed by atoms with Gasteiger partial charge in [0, 0.05) is 62.5 Å². The van der Waals surface area contributed by atoms with Crippen LogP contribution in [0.3, 0.4) is 0 Å². The maximum Gasteiger partial charge on any atom is 0.161 e. The first-order chi connectivity index (χ1) is 17.3. The first-order valence-electron chi connectivity index (χ1n) is 12.6. The van der Waals surface area contributed by atoms with Crippen molar-refractivity contribution in [2.45, 2.75) is 38.6 Å². The summed E-state index contributed by atoms with van der Waals surface area (Å²) < 4.78 is 0. The molecule has 6 heteroatoms. The Hall–Kier alpha value is -3.51. The number of allylic oxidation sites excluding steroid dienone is 5. The van der Waals surface area contributed by atoms with Crippen molar-refractivity contribution in [3.8, 4) is 11.4 Å². The maximum atomic E-state index is 5.91. The van der Waals surface area contributed by atoms with Crippen LogP contribution in [0.1, 0.15) is 43.7 Å². The molecule has 0 unspecified atom stereocenters. The van der Waals surface area contributed by atoms with Crippen LogP contribution < -0.4 is 11.1 Å². The van der Waals surface area contributed by atoms with E-state index >= 15 is 0 Å². The zero-order valence-corrected chi connectivity index (χ0v) is 22.2. The van der Waals surface area contributed by atoms with Gasteiger partial charge in [0.2, 0.25) is 0 Å². The van der Waals surface area contributed by atoms with Gasteiger partial charge in [0.25, 0.3) is 0 Å². The van der Waals surface area contributed by atoms with E-state index in [0.29, 0.717) is 17.8 Å². The Bertz CT molecular complexity index is 1150. The number of nitrogens with zero attached hydrogens (tertiary/aromatic N) is 4. The molecule has 36 heavy (non-hydrogen) atoms. The number of nitrogens with two attached hydrogens (primary N) is 1. The molecule has 1 aromatic heterocycles. The molecule has 0 aliphatic heterocycles. The Kier molecular flexibility index (Phi) is 9.77. The highest BCUT2D eigenvalue weighted by Crippen LogP contribution is 2.30. The Balaban J connectivity index is 2.04. The quantitative estimate of drug-likeness (QED) is 0.328. The van der Waals surface area contributed by atoms with Crippen LogP contribution in [0.25, 0.3) is 22.5 Å². The monoisotopic (exact) mass is 484 g/mol. The minimum atomic E-state index is 0.348. The summed E-state index contributed by atoms with van der Waals surface area (Å²) in [6, 6.07) is 8.62. The first-order valence-corrected chi connectivity index (χ1v) is 12.6. The molecule has 0 atom stereocenters. The number of anilines is 1. The van der Waals surface area contributed by atoms with Crippen LogP contribution in [0.4, 0.5) is 5.82 Å². The predicted molar refractivity (Wildman–Crippen MR) is 155 cm³/mol. The zero-order chi connectivity index (χ0) is 26.1. The fourth-order valence-electron chi connectivity index (χ4n) is 4.53. The number of nitrogens with one attached hydrogen (secondary N) is 1. The molecule has 190 valence electrons. The van der Waals surface area contributed by atoms with Crippen LogP contribution in [0.15, 0.2) is 72.5 Å². The van der Waals surface area contributed by atoms with Gasteiger partial charge in [-0.25, -0.2) is 9.97 Å². The Morgan fingerprint density at radius 3 is 2.58 bits per heavy atom. The maximum absolute atomic E-state index is 5.91. The van der Waals surface area contributed by atoms with Gasteiger partial charge in [0.1, 0.15) is 5.82 Å². The molecule has 0 saturated heterocycles. The van der Waals surface area contributed by atoms with Gasteiger partial charge in [-0.05, 0) is 62.3 Å². The molecule has 1 aliphatic rings. The van der Waals surface area contributed by atoms with Gasteiger partial charge in [0.15, 0.2) is 5.82 Å². The average molecular weight is 485 g/mol. The SMILES string of the molecule is C=C/C(=C\N(C)C)c1cccc(-c2ncc(/C(C=NC)=C/C(=C)C)c(NC3CCC(CN)CC3)n2)c1. The Morgan fingerprint density at radius 2 is 1.97 bits per heavy atom. The van der Waals surface area contributed by atoms with E-state index in [0.717, 1.165) is 71.5 Å². The smallest absolute Gasteiger partial charge is 0.161 e. The van der Waals surface area contributed by atoms with Crippen molar-refractivity contribution in [3.05, 3.63) is 78.7 Å². The molecule has 1 saturated carbocycles. The third-order valence-electron chi connectivity index (χ3n) is 6.36. The molecule has 2 aromatic rings. The van der Waals surface area contributed by atoms with E-state index in [2.05, 4.69) is 41.8 Å². The minimum absolute atomic E-state index is 0.348. The zero-order valence-electron chi connectivity index (χ0n) is 22.2. The van der Waals surface area contributed by atoms with Gasteiger partial charge in [-0.2, -0.15) is 0 Å². The van der Waals surface area contributed by atoms with E-state index in [1.165, 1.54) is 0 Å². The van der Waals surface area contributed by atoms with E-state index in [4.69, 9.17) is 15.7 Å². The van der Waals surface area contributed by atoms with E-state index in [-0.39, 0.29) is 0 Å². The van der Waals surface area contributed by atoms with Crippen molar-refractivity contribution in [1.82, 2.24) is 14.9 Å². The van der Waals surface area contributed by atoms with E-state index in [1.807, 2.05) is 62.6 Å². The van der Waals surface area contributed by atoms with Crippen molar-refractivity contribution in [3.63, 3.8) is 0 Å². The van der Waals surface area contributed by atoms with Crippen LogP contribution >= 0.6 is 0 Å². The normalized spacial score (nSPS) is 18.8. The lowest BCUT2D eigenvalue weighted by molar-refractivity contribution is 0.344. The van der Waals surface area contributed by atoms with E-state index < -0.39 is 0 Å². The van der Waals surface area contributed by atoms with Crippen molar-refractivity contribution < 1.29 is 0 Å². The minimum Gasteiger partial charge on any atom is -0.383 e. The lowest BCUT2D eigenvalue weighted by atomic mass is 9.86. The number of aliphatic imine (C=N–C) groups is 1. The molecule has 3 N–H and O–H groups in total. The molecule has 0 spiro atoms. The molecule has 6 nitrogen and oxygen atoms in total. The summed E-state index contributed by atoms with van der Waals surface area (Å²) in [5.41, 5.74) is 11.8. The molecule has 0 radical (unpaired) electrons. The number of aromatic nitrogens is 2.